The highest BCUT2D eigenvalue weighted by atomic mass is 15.4. The molecule has 1 unspecified atom stereocenters. The summed E-state index contributed by atoms with van der Waals surface area (Å²) >= 11 is 0. The van der Waals surface area contributed by atoms with Crippen molar-refractivity contribution in [3.05, 3.63) is 11.9 Å². The van der Waals surface area contributed by atoms with Gasteiger partial charge in [-0.15, -0.1) is 5.10 Å². The summed E-state index contributed by atoms with van der Waals surface area (Å²) in [5.74, 6) is 1.58. The maximum Gasteiger partial charge on any atom is 0.0725 e. The smallest absolute Gasteiger partial charge is 0.0725 e. The number of aryl methyl sites for hydroxylation is 2. The highest BCUT2D eigenvalue weighted by Gasteiger charge is 2.08. The lowest BCUT2D eigenvalue weighted by atomic mass is 9.93. The molecule has 116 valence electrons. The van der Waals surface area contributed by atoms with E-state index in [2.05, 4.69) is 42.7 Å². The number of hydrogen-bond acceptors (Lipinski definition) is 2. The molecule has 0 aliphatic heterocycles. The van der Waals surface area contributed by atoms with Crippen LogP contribution in [0.5, 0.6) is 0 Å². The van der Waals surface area contributed by atoms with Gasteiger partial charge in [-0.2, -0.15) is 0 Å². The predicted octanol–water partition coefficient (Wildman–Crippen LogP) is 4.86. The van der Waals surface area contributed by atoms with Crippen LogP contribution in [0, 0.1) is 11.8 Å². The second kappa shape index (κ2) is 9.95. The van der Waals surface area contributed by atoms with Crippen LogP contribution in [0.3, 0.4) is 0 Å². The maximum atomic E-state index is 4.24. The molecule has 0 fully saturated rings. The fraction of sp³-hybridized carbons (Fsp3) is 0.882. The van der Waals surface area contributed by atoms with E-state index in [4.69, 9.17) is 0 Å². The molecule has 0 aliphatic rings. The number of hydrogen-bond donors (Lipinski definition) is 0. The summed E-state index contributed by atoms with van der Waals surface area (Å²) in [6.07, 6.45) is 12.2. The van der Waals surface area contributed by atoms with Crippen LogP contribution in [-0.2, 0) is 13.0 Å². The van der Waals surface area contributed by atoms with Crippen LogP contribution in [0.2, 0.25) is 0 Å². The molecule has 3 heteroatoms. The molecule has 0 aliphatic carbocycles. The van der Waals surface area contributed by atoms with Gasteiger partial charge in [0.1, 0.15) is 0 Å². The molecule has 0 N–H and O–H groups in total. The molecule has 0 saturated carbocycles. The molecule has 1 atom stereocenters. The Bertz CT molecular complexity index is 344. The lowest BCUT2D eigenvalue weighted by molar-refractivity contribution is 0.364. The summed E-state index contributed by atoms with van der Waals surface area (Å²) in [4.78, 5) is 0. The van der Waals surface area contributed by atoms with Crippen LogP contribution < -0.4 is 0 Å². The zero-order valence-corrected chi connectivity index (χ0v) is 13.9. The van der Waals surface area contributed by atoms with Crippen molar-refractivity contribution in [2.45, 2.75) is 85.6 Å². The van der Waals surface area contributed by atoms with Gasteiger partial charge in [-0.05, 0) is 37.5 Å². The van der Waals surface area contributed by atoms with Crippen molar-refractivity contribution in [1.29, 1.82) is 0 Å². The van der Waals surface area contributed by atoms with Gasteiger partial charge in [0.15, 0.2) is 0 Å². The molecule has 0 spiro atoms. The zero-order valence-electron chi connectivity index (χ0n) is 13.9. The van der Waals surface area contributed by atoms with Crippen LogP contribution in [0.15, 0.2) is 6.20 Å². The van der Waals surface area contributed by atoms with E-state index >= 15 is 0 Å². The summed E-state index contributed by atoms with van der Waals surface area (Å²) in [5, 5.41) is 8.32. The predicted molar refractivity (Wildman–Crippen MR) is 85.7 cm³/mol. The highest BCUT2D eigenvalue weighted by Crippen LogP contribution is 2.16. The van der Waals surface area contributed by atoms with Crippen LogP contribution in [0.25, 0.3) is 0 Å². The largest absolute Gasteiger partial charge is 0.249 e. The number of rotatable bonds is 11. The second-order valence-electron chi connectivity index (χ2n) is 6.48. The van der Waals surface area contributed by atoms with Crippen molar-refractivity contribution in [2.24, 2.45) is 11.8 Å². The van der Waals surface area contributed by atoms with Gasteiger partial charge >= 0.3 is 0 Å². The van der Waals surface area contributed by atoms with Crippen LogP contribution in [-0.4, -0.2) is 15.0 Å². The van der Waals surface area contributed by atoms with Crippen LogP contribution >= 0.6 is 0 Å². The standard InChI is InChI=1S/C17H33N3/c1-5-6-7-8-9-12-17-14-18-19-20(17)13-10-11-16(4)15(2)3/h14-16H,5-13H2,1-4H3. The summed E-state index contributed by atoms with van der Waals surface area (Å²) in [5.41, 5.74) is 1.32. The summed E-state index contributed by atoms with van der Waals surface area (Å²) in [7, 11) is 0. The van der Waals surface area contributed by atoms with Crippen molar-refractivity contribution in [1.82, 2.24) is 15.0 Å². The molecule has 1 heterocycles. The molecule has 0 saturated heterocycles. The fourth-order valence-electron chi connectivity index (χ4n) is 2.47. The Morgan fingerprint density at radius 3 is 2.50 bits per heavy atom. The summed E-state index contributed by atoms with van der Waals surface area (Å²) < 4.78 is 2.12. The number of unbranched alkanes of at least 4 members (excludes halogenated alkanes) is 4. The van der Waals surface area contributed by atoms with Gasteiger partial charge < -0.3 is 0 Å². The topological polar surface area (TPSA) is 30.7 Å². The average molecular weight is 279 g/mol. The second-order valence-corrected chi connectivity index (χ2v) is 6.48. The Morgan fingerprint density at radius 1 is 1.05 bits per heavy atom. The molecule has 1 aromatic heterocycles. The van der Waals surface area contributed by atoms with Crippen molar-refractivity contribution >= 4 is 0 Å². The van der Waals surface area contributed by atoms with Gasteiger partial charge in [-0.25, -0.2) is 4.68 Å². The van der Waals surface area contributed by atoms with Gasteiger partial charge in [0.25, 0.3) is 0 Å². The van der Waals surface area contributed by atoms with E-state index in [1.54, 1.807) is 0 Å². The molecular weight excluding hydrogens is 246 g/mol. The molecule has 0 aromatic carbocycles. The van der Waals surface area contributed by atoms with E-state index in [0.717, 1.165) is 24.8 Å². The van der Waals surface area contributed by atoms with Crippen LogP contribution in [0.4, 0.5) is 0 Å². The highest BCUT2D eigenvalue weighted by molar-refractivity contribution is 4.93. The first kappa shape index (κ1) is 17.2. The monoisotopic (exact) mass is 279 g/mol. The normalized spacial score (nSPS) is 13.1. The van der Waals surface area contributed by atoms with Crippen molar-refractivity contribution in [3.63, 3.8) is 0 Å². The lowest BCUT2D eigenvalue weighted by Gasteiger charge is -2.15. The third kappa shape index (κ3) is 6.53. The van der Waals surface area contributed by atoms with Gasteiger partial charge in [-0.1, -0.05) is 58.6 Å². The van der Waals surface area contributed by atoms with Crippen LogP contribution in [0.1, 0.15) is 78.3 Å². The first-order valence-electron chi connectivity index (χ1n) is 8.52. The van der Waals surface area contributed by atoms with E-state index < -0.39 is 0 Å². The van der Waals surface area contributed by atoms with Gasteiger partial charge in [0, 0.05) is 6.54 Å². The summed E-state index contributed by atoms with van der Waals surface area (Å²) in [6.45, 7) is 10.3. The minimum atomic E-state index is 0.781. The Balaban J connectivity index is 2.24. The number of nitrogens with zero attached hydrogens (tertiary/aromatic N) is 3. The minimum Gasteiger partial charge on any atom is -0.249 e. The van der Waals surface area contributed by atoms with Gasteiger partial charge in [-0.3, -0.25) is 0 Å². The molecule has 1 rings (SSSR count). The van der Waals surface area contributed by atoms with Crippen molar-refractivity contribution < 1.29 is 0 Å². The molecule has 1 aromatic rings. The Kier molecular flexibility index (Phi) is 8.56. The Hall–Kier alpha value is -0.860. The lowest BCUT2D eigenvalue weighted by Crippen LogP contribution is -2.09. The summed E-state index contributed by atoms with van der Waals surface area (Å²) in [6, 6.07) is 0. The van der Waals surface area contributed by atoms with E-state index in [1.165, 1.54) is 50.6 Å². The van der Waals surface area contributed by atoms with Crippen molar-refractivity contribution in [3.8, 4) is 0 Å². The SMILES string of the molecule is CCCCCCCc1cnnn1CCCC(C)C(C)C. The minimum absolute atomic E-state index is 0.781. The maximum absolute atomic E-state index is 4.24. The molecule has 20 heavy (non-hydrogen) atoms. The Morgan fingerprint density at radius 2 is 1.80 bits per heavy atom. The third-order valence-electron chi connectivity index (χ3n) is 4.40. The molecule has 0 amide bonds. The molecular formula is C17H33N3. The molecule has 3 nitrogen and oxygen atoms in total. The number of aromatic nitrogens is 3. The first-order valence-corrected chi connectivity index (χ1v) is 8.52. The van der Waals surface area contributed by atoms with E-state index in [1.807, 2.05) is 6.20 Å². The zero-order chi connectivity index (χ0) is 14.8. The Labute approximate surface area is 125 Å². The van der Waals surface area contributed by atoms with E-state index in [0.29, 0.717) is 0 Å². The van der Waals surface area contributed by atoms with Gasteiger partial charge in [0.2, 0.25) is 0 Å². The van der Waals surface area contributed by atoms with Gasteiger partial charge in [0.05, 0.1) is 11.9 Å². The van der Waals surface area contributed by atoms with E-state index in [9.17, 15) is 0 Å². The third-order valence-corrected chi connectivity index (χ3v) is 4.40. The fourth-order valence-corrected chi connectivity index (χ4v) is 2.47. The average Bonchev–Trinajstić information content (AvgIpc) is 2.86. The molecule has 0 radical (unpaired) electrons. The van der Waals surface area contributed by atoms with E-state index in [-0.39, 0.29) is 0 Å². The first-order chi connectivity index (χ1) is 9.65. The van der Waals surface area contributed by atoms with Crippen molar-refractivity contribution in [2.75, 3.05) is 0 Å². The quantitative estimate of drug-likeness (QED) is 0.541. The molecule has 0 bridgehead atoms.